The third-order valence-electron chi connectivity index (χ3n) is 3.13. The summed E-state index contributed by atoms with van der Waals surface area (Å²) in [6.07, 6.45) is -0.223. The highest BCUT2D eigenvalue weighted by Gasteiger charge is 2.34. The van der Waals surface area contributed by atoms with Gasteiger partial charge in [-0.2, -0.15) is 0 Å². The molecule has 0 saturated heterocycles. The molecule has 5 nitrogen and oxygen atoms in total. The minimum Gasteiger partial charge on any atom is -0.387 e. The summed E-state index contributed by atoms with van der Waals surface area (Å²) in [4.78, 5) is 12.3. The molecule has 0 aliphatic heterocycles. The molecule has 1 aromatic carbocycles. The summed E-state index contributed by atoms with van der Waals surface area (Å²) in [7, 11) is -2.51. The fourth-order valence-corrected chi connectivity index (χ4v) is 2.53. The zero-order chi connectivity index (χ0) is 16.4. The smallest absolute Gasteiger partial charge is 0.245 e. The van der Waals surface area contributed by atoms with Crippen LogP contribution in [0.2, 0.25) is 0 Å². The Hall–Kier alpha value is -1.18. The van der Waals surface area contributed by atoms with Crippen LogP contribution in [0.4, 0.5) is 0 Å². The Labute approximate surface area is 133 Å². The monoisotopic (exact) mass is 375 g/mol. The van der Waals surface area contributed by atoms with Gasteiger partial charge in [-0.3, -0.25) is 4.79 Å². The number of sulfonamides is 1. The van der Waals surface area contributed by atoms with Crippen LogP contribution in [0.5, 0.6) is 0 Å². The van der Waals surface area contributed by atoms with Crippen molar-refractivity contribution in [3.8, 4) is 0 Å². The molecule has 1 rings (SSSR count). The van der Waals surface area contributed by atoms with Gasteiger partial charge in [0.15, 0.2) is 0 Å². The molecule has 1 amide bonds. The van der Waals surface area contributed by atoms with E-state index in [1.807, 2.05) is 0 Å². The molecule has 1 aromatic rings. The van der Waals surface area contributed by atoms with E-state index in [9.17, 15) is 18.3 Å². The van der Waals surface area contributed by atoms with Gasteiger partial charge in [0.2, 0.25) is 15.9 Å². The number of amides is 1. The van der Waals surface area contributed by atoms with Crippen molar-refractivity contribution in [2.45, 2.75) is 13.0 Å². The van der Waals surface area contributed by atoms with Crippen molar-refractivity contribution in [2.75, 3.05) is 13.3 Å². The standard InChI is InChI=1S/C14H18BrNO4S/c1-9(2)12(14(18)16(3)21(4,19)20)13(17)10-5-7-11(15)8-6-10/h5-8,12-13,17H,1H2,2-4H3/t12-,13-/m1/s1. The number of rotatable bonds is 5. The van der Waals surface area contributed by atoms with Crippen LogP contribution in [0.1, 0.15) is 18.6 Å². The summed E-state index contributed by atoms with van der Waals surface area (Å²) < 4.78 is 24.5. The molecule has 0 aromatic heterocycles. The molecule has 0 radical (unpaired) electrons. The second kappa shape index (κ2) is 6.72. The zero-order valence-electron chi connectivity index (χ0n) is 12.1. The molecule has 0 heterocycles. The van der Waals surface area contributed by atoms with Crippen molar-refractivity contribution < 1.29 is 18.3 Å². The first-order chi connectivity index (χ1) is 9.55. The largest absolute Gasteiger partial charge is 0.387 e. The second-order valence-corrected chi connectivity index (χ2v) is 7.82. The summed E-state index contributed by atoms with van der Waals surface area (Å²) in [5.41, 5.74) is 0.910. The van der Waals surface area contributed by atoms with Crippen molar-refractivity contribution in [1.82, 2.24) is 4.31 Å². The quantitative estimate of drug-likeness (QED) is 0.799. The Morgan fingerprint density at radius 1 is 1.33 bits per heavy atom. The molecular weight excluding hydrogens is 358 g/mol. The fourth-order valence-electron chi connectivity index (χ4n) is 1.83. The SMILES string of the molecule is C=C(C)[C@@H](C(=O)N(C)S(C)(=O)=O)[C@H](O)c1ccc(Br)cc1. The molecule has 0 bridgehead atoms. The van der Waals surface area contributed by atoms with E-state index in [1.54, 1.807) is 31.2 Å². The Kier molecular flexibility index (Phi) is 5.72. The fraction of sp³-hybridized carbons (Fsp3) is 0.357. The van der Waals surface area contributed by atoms with Gasteiger partial charge < -0.3 is 5.11 Å². The van der Waals surface area contributed by atoms with Gasteiger partial charge in [-0.25, -0.2) is 12.7 Å². The molecule has 7 heteroatoms. The molecule has 2 atom stereocenters. The van der Waals surface area contributed by atoms with Crippen LogP contribution in [-0.4, -0.2) is 37.0 Å². The molecule has 0 unspecified atom stereocenters. The van der Waals surface area contributed by atoms with Crippen molar-refractivity contribution in [1.29, 1.82) is 0 Å². The molecule has 0 aliphatic carbocycles. The number of aliphatic hydroxyl groups is 1. The van der Waals surface area contributed by atoms with Gasteiger partial charge in [0, 0.05) is 11.5 Å². The van der Waals surface area contributed by atoms with E-state index in [2.05, 4.69) is 22.5 Å². The number of halogens is 1. The number of nitrogens with zero attached hydrogens (tertiary/aromatic N) is 1. The van der Waals surface area contributed by atoms with Crippen LogP contribution in [0.25, 0.3) is 0 Å². The first kappa shape index (κ1) is 17.9. The maximum Gasteiger partial charge on any atom is 0.245 e. The van der Waals surface area contributed by atoms with Crippen LogP contribution >= 0.6 is 15.9 Å². The summed E-state index contributed by atoms with van der Waals surface area (Å²) in [6, 6.07) is 6.80. The van der Waals surface area contributed by atoms with E-state index >= 15 is 0 Å². The van der Waals surface area contributed by atoms with Crippen LogP contribution in [-0.2, 0) is 14.8 Å². The second-order valence-electron chi connectivity index (χ2n) is 4.89. The Morgan fingerprint density at radius 2 is 1.81 bits per heavy atom. The summed E-state index contributed by atoms with van der Waals surface area (Å²) in [6.45, 7) is 5.28. The van der Waals surface area contributed by atoms with Gasteiger partial charge in [0.25, 0.3) is 0 Å². The minimum absolute atomic E-state index is 0.394. The summed E-state index contributed by atoms with van der Waals surface area (Å²) in [5, 5.41) is 10.4. The lowest BCUT2D eigenvalue weighted by molar-refractivity contribution is -0.131. The Morgan fingerprint density at radius 3 is 2.19 bits per heavy atom. The minimum atomic E-state index is -3.68. The van der Waals surface area contributed by atoms with E-state index in [1.165, 1.54) is 7.05 Å². The van der Waals surface area contributed by atoms with Crippen molar-refractivity contribution in [3.63, 3.8) is 0 Å². The lowest BCUT2D eigenvalue weighted by atomic mass is 9.90. The molecular formula is C14H18BrNO4S. The molecule has 0 saturated carbocycles. The normalized spacial score (nSPS) is 14.3. The van der Waals surface area contributed by atoms with Crippen LogP contribution in [0, 0.1) is 5.92 Å². The topological polar surface area (TPSA) is 74.7 Å². The van der Waals surface area contributed by atoms with Gasteiger partial charge in [-0.1, -0.05) is 40.2 Å². The van der Waals surface area contributed by atoms with Gasteiger partial charge in [-0.05, 0) is 24.6 Å². The Bertz CT molecular complexity index is 639. The highest BCUT2D eigenvalue weighted by molar-refractivity contribution is 9.10. The van der Waals surface area contributed by atoms with E-state index in [-0.39, 0.29) is 0 Å². The number of hydrogen-bond acceptors (Lipinski definition) is 4. The maximum atomic E-state index is 12.3. The van der Waals surface area contributed by atoms with Gasteiger partial charge in [-0.15, -0.1) is 0 Å². The average Bonchev–Trinajstić information content (AvgIpc) is 2.37. The maximum absolute atomic E-state index is 12.3. The van der Waals surface area contributed by atoms with E-state index < -0.39 is 28.0 Å². The zero-order valence-corrected chi connectivity index (χ0v) is 14.5. The summed E-state index contributed by atoms with van der Waals surface area (Å²) >= 11 is 3.29. The number of carbonyl (C=O) groups excluding carboxylic acids is 1. The van der Waals surface area contributed by atoms with Gasteiger partial charge >= 0.3 is 0 Å². The lowest BCUT2D eigenvalue weighted by Gasteiger charge is -2.26. The number of carbonyl (C=O) groups is 1. The van der Waals surface area contributed by atoms with E-state index in [0.29, 0.717) is 15.4 Å². The third kappa shape index (κ3) is 4.39. The third-order valence-corrected chi connectivity index (χ3v) is 4.84. The first-order valence-electron chi connectivity index (χ1n) is 6.12. The molecule has 116 valence electrons. The molecule has 21 heavy (non-hydrogen) atoms. The Balaban J connectivity index is 3.15. The van der Waals surface area contributed by atoms with Gasteiger partial charge in [0.1, 0.15) is 0 Å². The van der Waals surface area contributed by atoms with Crippen LogP contribution in [0.3, 0.4) is 0 Å². The van der Waals surface area contributed by atoms with Crippen LogP contribution in [0.15, 0.2) is 40.9 Å². The van der Waals surface area contributed by atoms with Crippen molar-refractivity contribution in [3.05, 3.63) is 46.5 Å². The molecule has 0 spiro atoms. The average molecular weight is 376 g/mol. The summed E-state index contributed by atoms with van der Waals surface area (Å²) in [5.74, 6) is -1.73. The predicted octanol–water partition coefficient (Wildman–Crippen LogP) is 2.09. The number of aliphatic hydroxyl groups excluding tert-OH is 1. The van der Waals surface area contributed by atoms with Crippen LogP contribution < -0.4 is 0 Å². The molecule has 0 fully saturated rings. The number of benzene rings is 1. The highest BCUT2D eigenvalue weighted by Crippen LogP contribution is 2.30. The van der Waals surface area contributed by atoms with Crippen molar-refractivity contribution >= 4 is 31.9 Å². The first-order valence-corrected chi connectivity index (χ1v) is 8.76. The van der Waals surface area contributed by atoms with Crippen molar-refractivity contribution in [2.24, 2.45) is 5.92 Å². The highest BCUT2D eigenvalue weighted by atomic mass is 79.9. The van der Waals surface area contributed by atoms with E-state index in [0.717, 1.165) is 10.7 Å². The van der Waals surface area contributed by atoms with E-state index in [4.69, 9.17) is 0 Å². The van der Waals surface area contributed by atoms with Gasteiger partial charge in [0.05, 0.1) is 18.3 Å². The number of hydrogen-bond donors (Lipinski definition) is 1. The predicted molar refractivity (Wildman–Crippen MR) is 85.0 cm³/mol. The molecule has 0 aliphatic rings. The lowest BCUT2D eigenvalue weighted by Crippen LogP contribution is -2.39. The molecule has 1 N–H and O–H groups in total.